The average molecular weight is 366 g/mol. The van der Waals surface area contributed by atoms with Crippen LogP contribution in [0.3, 0.4) is 0 Å². The molecule has 0 atom stereocenters. The summed E-state index contributed by atoms with van der Waals surface area (Å²) in [5, 5.41) is 9.22. The van der Waals surface area contributed by atoms with Crippen molar-refractivity contribution in [3.05, 3.63) is 32.3 Å². The minimum atomic E-state index is -0.429. The quantitative estimate of drug-likeness (QED) is 0.808. The number of methoxy groups -OCH3 is 1. The Morgan fingerprint density at radius 2 is 1.80 bits per heavy atom. The van der Waals surface area contributed by atoms with Crippen LogP contribution < -0.4 is 0 Å². The van der Waals surface area contributed by atoms with Crippen molar-refractivity contribution in [1.29, 1.82) is 0 Å². The Balaban J connectivity index is 2.66. The number of ether oxygens (including phenoxy) is 1. The molecule has 0 bridgehead atoms. The molecule has 0 saturated heterocycles. The maximum atomic E-state index is 13.1. The Labute approximate surface area is 150 Å². The van der Waals surface area contributed by atoms with Crippen LogP contribution in [-0.2, 0) is 9.53 Å². The zero-order valence-electron chi connectivity index (χ0n) is 15.0. The van der Waals surface area contributed by atoms with Crippen molar-refractivity contribution in [3.8, 4) is 0 Å². The molecule has 0 radical (unpaired) electrons. The van der Waals surface area contributed by atoms with Crippen LogP contribution in [0.4, 0.5) is 0 Å². The van der Waals surface area contributed by atoms with Gasteiger partial charge in [0.15, 0.2) is 0 Å². The second-order valence-corrected chi connectivity index (χ2v) is 7.10. The second kappa shape index (κ2) is 7.47. The van der Waals surface area contributed by atoms with Gasteiger partial charge in [0.25, 0.3) is 5.91 Å². The molecule has 136 valence electrons. The summed E-state index contributed by atoms with van der Waals surface area (Å²) in [6.07, 6.45) is 0. The van der Waals surface area contributed by atoms with E-state index in [1.54, 1.807) is 14.0 Å². The number of rotatable bonds is 6. The highest BCUT2D eigenvalue weighted by atomic mass is 32.1. The van der Waals surface area contributed by atoms with Crippen LogP contribution in [0.5, 0.6) is 0 Å². The summed E-state index contributed by atoms with van der Waals surface area (Å²) in [6, 6.07) is 0. The standard InChI is InChI=1S/C17H22N2O5S/c1-9-10(2)25-17-12(9)15(22)14(19(4)11(21)8-24-5)13(16(17)23)18(3)6-7-20/h20H,6-8H2,1-5H3. The van der Waals surface area contributed by atoms with Crippen molar-refractivity contribution in [2.45, 2.75) is 13.8 Å². The van der Waals surface area contributed by atoms with Gasteiger partial charge >= 0.3 is 0 Å². The molecule has 0 aromatic carbocycles. The topological polar surface area (TPSA) is 87.2 Å². The SMILES string of the molecule is COCC(=O)N(C)C1=C(N(C)CCO)C(=O)c2sc(C)c(C)c2C1=O. The Hall–Kier alpha value is -2.03. The van der Waals surface area contributed by atoms with Crippen LogP contribution >= 0.6 is 11.3 Å². The van der Waals surface area contributed by atoms with Crippen LogP contribution in [0.1, 0.15) is 30.5 Å². The number of hydrogen-bond donors (Lipinski definition) is 1. The number of nitrogens with zero attached hydrogens (tertiary/aromatic N) is 2. The zero-order valence-corrected chi connectivity index (χ0v) is 15.8. The summed E-state index contributed by atoms with van der Waals surface area (Å²) in [7, 11) is 4.45. The van der Waals surface area contributed by atoms with Gasteiger partial charge in [-0.25, -0.2) is 0 Å². The Kier molecular flexibility index (Phi) is 5.76. The molecule has 25 heavy (non-hydrogen) atoms. The van der Waals surface area contributed by atoms with Gasteiger partial charge in [-0.2, -0.15) is 0 Å². The number of aryl methyl sites for hydroxylation is 1. The maximum Gasteiger partial charge on any atom is 0.252 e. The molecule has 0 spiro atoms. The van der Waals surface area contributed by atoms with Crippen molar-refractivity contribution in [3.63, 3.8) is 0 Å². The van der Waals surface area contributed by atoms with Gasteiger partial charge in [-0.3, -0.25) is 14.4 Å². The van der Waals surface area contributed by atoms with E-state index in [4.69, 9.17) is 4.74 Å². The van der Waals surface area contributed by atoms with Crippen LogP contribution in [0.25, 0.3) is 0 Å². The molecule has 7 nitrogen and oxygen atoms in total. The zero-order chi connectivity index (χ0) is 18.9. The molecular formula is C17H22N2O5S. The van der Waals surface area contributed by atoms with E-state index >= 15 is 0 Å². The minimum absolute atomic E-state index is 0.0244. The maximum absolute atomic E-state index is 13.1. The second-order valence-electron chi connectivity index (χ2n) is 5.87. The Bertz CT molecular complexity index is 765. The number of fused-ring (bicyclic) bond motifs is 1. The highest BCUT2D eigenvalue weighted by molar-refractivity contribution is 7.15. The number of allylic oxidation sites excluding steroid dienone is 2. The van der Waals surface area contributed by atoms with E-state index in [2.05, 4.69) is 0 Å². The first-order valence-corrected chi connectivity index (χ1v) is 8.59. The van der Waals surface area contributed by atoms with E-state index in [9.17, 15) is 19.5 Å². The molecule has 0 unspecified atom stereocenters. The Morgan fingerprint density at radius 3 is 2.36 bits per heavy atom. The average Bonchev–Trinajstić information content (AvgIpc) is 2.86. The predicted octanol–water partition coefficient (Wildman–Crippen LogP) is 0.984. The molecule has 8 heteroatoms. The summed E-state index contributed by atoms with van der Waals surface area (Å²) in [5.74, 6) is -1.09. The molecule has 2 rings (SSSR count). The normalized spacial score (nSPS) is 14.0. The van der Waals surface area contributed by atoms with Crippen LogP contribution in [0.15, 0.2) is 11.4 Å². The lowest BCUT2D eigenvalue weighted by molar-refractivity contribution is -0.131. The fraction of sp³-hybridized carbons (Fsp3) is 0.471. The number of ketones is 2. The third-order valence-electron chi connectivity index (χ3n) is 4.27. The number of thiophene rings is 1. The number of carbonyl (C=O) groups is 3. The molecule has 1 aliphatic rings. The highest BCUT2D eigenvalue weighted by Crippen LogP contribution is 2.37. The summed E-state index contributed by atoms with van der Waals surface area (Å²) in [6.45, 7) is 3.44. The first-order chi connectivity index (χ1) is 11.8. The molecule has 0 fully saturated rings. The van der Waals surface area contributed by atoms with E-state index in [1.165, 1.54) is 35.3 Å². The summed E-state index contributed by atoms with van der Waals surface area (Å²) in [4.78, 5) is 42.4. The molecule has 1 heterocycles. The molecule has 0 saturated carbocycles. The lowest BCUT2D eigenvalue weighted by atomic mass is 9.92. The van der Waals surface area contributed by atoms with Crippen molar-refractivity contribution in [2.24, 2.45) is 0 Å². The van der Waals surface area contributed by atoms with Gasteiger partial charge < -0.3 is 19.6 Å². The highest BCUT2D eigenvalue weighted by Gasteiger charge is 2.40. The first kappa shape index (κ1) is 19.3. The third-order valence-corrected chi connectivity index (χ3v) is 5.47. The van der Waals surface area contributed by atoms with Gasteiger partial charge in [0.2, 0.25) is 11.6 Å². The number of carbonyl (C=O) groups excluding carboxylic acids is 3. The number of Topliss-reactive ketones (excluding diaryl/α,β-unsaturated/α-hetero) is 2. The fourth-order valence-electron chi connectivity index (χ4n) is 2.77. The monoisotopic (exact) mass is 366 g/mol. The molecule has 1 aliphatic carbocycles. The summed E-state index contributed by atoms with van der Waals surface area (Å²) < 4.78 is 4.86. The summed E-state index contributed by atoms with van der Waals surface area (Å²) in [5.41, 5.74) is 1.27. The number of likely N-dealkylation sites (N-methyl/N-ethyl adjacent to an activating group) is 2. The van der Waals surface area contributed by atoms with Crippen LogP contribution in [0.2, 0.25) is 0 Å². The summed E-state index contributed by atoms with van der Waals surface area (Å²) >= 11 is 1.28. The number of aliphatic hydroxyl groups is 1. The van der Waals surface area contributed by atoms with E-state index in [0.717, 1.165) is 10.4 Å². The van der Waals surface area contributed by atoms with Crippen molar-refractivity contribution in [2.75, 3.05) is 41.0 Å². The van der Waals surface area contributed by atoms with Crippen molar-refractivity contribution < 1.29 is 24.2 Å². The van der Waals surface area contributed by atoms with Gasteiger partial charge in [-0.1, -0.05) is 0 Å². The van der Waals surface area contributed by atoms with Crippen molar-refractivity contribution >= 4 is 28.8 Å². The van der Waals surface area contributed by atoms with Crippen LogP contribution in [-0.4, -0.2) is 73.3 Å². The molecule has 0 aliphatic heterocycles. The number of aliphatic hydroxyl groups excluding tert-OH is 1. The van der Waals surface area contributed by atoms with E-state index < -0.39 is 5.91 Å². The lowest BCUT2D eigenvalue weighted by Gasteiger charge is -2.30. The molecular weight excluding hydrogens is 344 g/mol. The van der Waals surface area contributed by atoms with Gasteiger partial charge in [0.05, 0.1) is 11.5 Å². The fourth-order valence-corrected chi connectivity index (χ4v) is 3.87. The Morgan fingerprint density at radius 1 is 1.16 bits per heavy atom. The van der Waals surface area contributed by atoms with Crippen molar-refractivity contribution in [1.82, 2.24) is 9.80 Å². The van der Waals surface area contributed by atoms with Gasteiger partial charge in [0, 0.05) is 38.2 Å². The van der Waals surface area contributed by atoms with Gasteiger partial charge in [-0.05, 0) is 19.4 Å². The van der Waals surface area contributed by atoms with Crippen LogP contribution in [0, 0.1) is 13.8 Å². The van der Waals surface area contributed by atoms with E-state index in [1.807, 2.05) is 6.92 Å². The molecule has 1 aromatic heterocycles. The van der Waals surface area contributed by atoms with E-state index in [-0.39, 0.29) is 42.7 Å². The first-order valence-electron chi connectivity index (χ1n) is 7.77. The lowest BCUT2D eigenvalue weighted by Crippen LogP contribution is -2.41. The van der Waals surface area contributed by atoms with Gasteiger partial charge in [-0.15, -0.1) is 11.3 Å². The van der Waals surface area contributed by atoms with E-state index in [0.29, 0.717) is 10.4 Å². The minimum Gasteiger partial charge on any atom is -0.395 e. The predicted molar refractivity (Wildman–Crippen MR) is 93.8 cm³/mol. The molecule has 1 amide bonds. The van der Waals surface area contributed by atoms with Gasteiger partial charge in [0.1, 0.15) is 18.0 Å². The smallest absolute Gasteiger partial charge is 0.252 e. The third kappa shape index (κ3) is 3.24. The largest absolute Gasteiger partial charge is 0.395 e. The molecule has 1 aromatic rings. The number of hydrogen-bond acceptors (Lipinski definition) is 7. The molecule has 1 N–H and O–H groups in total. The number of amides is 1.